The average molecular weight is 249 g/mol. The summed E-state index contributed by atoms with van der Waals surface area (Å²) in [6.45, 7) is 6.45. The minimum Gasteiger partial charge on any atom is -0.462 e. The minimum absolute atomic E-state index is 0.259. The van der Waals surface area contributed by atoms with Gasteiger partial charge in [0.2, 0.25) is 0 Å². The maximum atomic E-state index is 11.8. The van der Waals surface area contributed by atoms with E-state index in [1.165, 1.54) is 0 Å². The van der Waals surface area contributed by atoms with E-state index < -0.39 is 5.97 Å². The third-order valence-corrected chi connectivity index (χ3v) is 3.23. The van der Waals surface area contributed by atoms with E-state index in [0.29, 0.717) is 29.7 Å². The molecule has 1 aromatic heterocycles. The van der Waals surface area contributed by atoms with Gasteiger partial charge in [0.05, 0.1) is 18.5 Å². The number of hydrogen-bond acceptors (Lipinski definition) is 5. The number of carbonyl (C=O) groups is 1. The van der Waals surface area contributed by atoms with Gasteiger partial charge in [-0.05, 0) is 24.8 Å². The Morgan fingerprint density at radius 2 is 2.33 bits per heavy atom. The first kappa shape index (κ1) is 12.7. The molecule has 0 amide bonds. The SMILES string of the molecule is CCOC(=O)c1cc(N)cnc1NC1CC1(C)C. The number of nitrogen functional groups attached to an aromatic ring is 1. The Kier molecular flexibility index (Phi) is 3.15. The molecule has 18 heavy (non-hydrogen) atoms. The van der Waals surface area contributed by atoms with Crippen LogP contribution in [0.5, 0.6) is 0 Å². The maximum Gasteiger partial charge on any atom is 0.341 e. The van der Waals surface area contributed by atoms with Gasteiger partial charge in [0.1, 0.15) is 11.4 Å². The number of hydrogen-bond donors (Lipinski definition) is 2. The molecule has 1 atom stereocenters. The van der Waals surface area contributed by atoms with Crippen LogP contribution in [0.25, 0.3) is 0 Å². The second kappa shape index (κ2) is 4.48. The Labute approximate surface area is 107 Å². The lowest BCUT2D eigenvalue weighted by atomic mass is 10.2. The van der Waals surface area contributed by atoms with Crippen LogP contribution >= 0.6 is 0 Å². The summed E-state index contributed by atoms with van der Waals surface area (Å²) in [5, 5.41) is 3.27. The molecule has 3 N–H and O–H groups in total. The van der Waals surface area contributed by atoms with Gasteiger partial charge in [-0.1, -0.05) is 13.8 Å². The molecule has 1 aliphatic rings. The van der Waals surface area contributed by atoms with Gasteiger partial charge in [-0.3, -0.25) is 0 Å². The Hall–Kier alpha value is -1.78. The van der Waals surface area contributed by atoms with E-state index in [-0.39, 0.29) is 5.41 Å². The molecule has 1 aliphatic carbocycles. The van der Waals surface area contributed by atoms with Crippen LogP contribution in [0.3, 0.4) is 0 Å². The number of anilines is 2. The molecule has 1 heterocycles. The molecule has 5 nitrogen and oxygen atoms in total. The Morgan fingerprint density at radius 1 is 1.67 bits per heavy atom. The molecule has 0 radical (unpaired) electrons. The van der Waals surface area contributed by atoms with Gasteiger partial charge in [0.25, 0.3) is 0 Å². The summed E-state index contributed by atoms with van der Waals surface area (Å²) < 4.78 is 5.00. The van der Waals surface area contributed by atoms with Gasteiger partial charge in [-0.25, -0.2) is 9.78 Å². The van der Waals surface area contributed by atoms with Crippen molar-refractivity contribution in [1.29, 1.82) is 0 Å². The van der Waals surface area contributed by atoms with Crippen molar-refractivity contribution in [1.82, 2.24) is 4.98 Å². The predicted octanol–water partition coefficient (Wildman–Crippen LogP) is 2.05. The molecule has 1 unspecified atom stereocenters. The predicted molar refractivity (Wildman–Crippen MR) is 70.4 cm³/mol. The zero-order valence-corrected chi connectivity index (χ0v) is 11.0. The molecule has 0 spiro atoms. The van der Waals surface area contributed by atoms with Crippen LogP contribution in [0.1, 0.15) is 37.6 Å². The van der Waals surface area contributed by atoms with Crippen LogP contribution in [-0.4, -0.2) is 23.6 Å². The zero-order valence-electron chi connectivity index (χ0n) is 11.0. The monoisotopic (exact) mass is 249 g/mol. The topological polar surface area (TPSA) is 77.2 Å². The summed E-state index contributed by atoms with van der Waals surface area (Å²) >= 11 is 0. The Balaban J connectivity index is 2.21. The Bertz CT molecular complexity index is 471. The highest BCUT2D eigenvalue weighted by atomic mass is 16.5. The standard InChI is InChI=1S/C13H19N3O2/c1-4-18-12(17)9-5-8(14)7-15-11(9)16-10-6-13(10,2)3/h5,7,10H,4,6,14H2,1-3H3,(H,15,16). The Morgan fingerprint density at radius 3 is 2.89 bits per heavy atom. The van der Waals surface area contributed by atoms with E-state index in [1.54, 1.807) is 19.2 Å². The molecule has 2 rings (SSSR count). The number of nitrogens with zero attached hydrogens (tertiary/aromatic N) is 1. The van der Waals surface area contributed by atoms with Gasteiger partial charge in [-0.2, -0.15) is 0 Å². The molecule has 98 valence electrons. The fourth-order valence-electron chi connectivity index (χ4n) is 1.84. The lowest BCUT2D eigenvalue weighted by Gasteiger charge is -2.12. The first-order valence-electron chi connectivity index (χ1n) is 6.13. The van der Waals surface area contributed by atoms with Crippen molar-refractivity contribution >= 4 is 17.5 Å². The second-order valence-corrected chi connectivity index (χ2v) is 5.27. The lowest BCUT2D eigenvalue weighted by molar-refractivity contribution is 0.0527. The first-order chi connectivity index (χ1) is 8.44. The van der Waals surface area contributed by atoms with Crippen molar-refractivity contribution in [3.8, 4) is 0 Å². The van der Waals surface area contributed by atoms with Crippen molar-refractivity contribution in [3.05, 3.63) is 17.8 Å². The lowest BCUT2D eigenvalue weighted by Crippen LogP contribution is -2.15. The van der Waals surface area contributed by atoms with E-state index in [4.69, 9.17) is 10.5 Å². The number of rotatable bonds is 4. The summed E-state index contributed by atoms with van der Waals surface area (Å²) in [5.74, 6) is 0.163. The van der Waals surface area contributed by atoms with Crippen LogP contribution < -0.4 is 11.1 Å². The van der Waals surface area contributed by atoms with Crippen molar-refractivity contribution in [2.75, 3.05) is 17.7 Å². The van der Waals surface area contributed by atoms with Crippen LogP contribution in [0.2, 0.25) is 0 Å². The van der Waals surface area contributed by atoms with Gasteiger partial charge < -0.3 is 15.8 Å². The van der Waals surface area contributed by atoms with Crippen molar-refractivity contribution in [2.45, 2.75) is 33.2 Å². The van der Waals surface area contributed by atoms with Crippen molar-refractivity contribution in [3.63, 3.8) is 0 Å². The van der Waals surface area contributed by atoms with Crippen LogP contribution in [0.4, 0.5) is 11.5 Å². The number of esters is 1. The van der Waals surface area contributed by atoms with Crippen LogP contribution in [0, 0.1) is 5.41 Å². The summed E-state index contributed by atoms with van der Waals surface area (Å²) in [4.78, 5) is 16.0. The number of carbonyl (C=O) groups excluding carboxylic acids is 1. The summed E-state index contributed by atoms with van der Waals surface area (Å²) in [6, 6.07) is 1.95. The molecule has 0 aliphatic heterocycles. The number of aromatic nitrogens is 1. The van der Waals surface area contributed by atoms with E-state index in [0.717, 1.165) is 6.42 Å². The van der Waals surface area contributed by atoms with E-state index >= 15 is 0 Å². The summed E-state index contributed by atoms with van der Waals surface area (Å²) in [7, 11) is 0. The third kappa shape index (κ3) is 2.55. The quantitative estimate of drug-likeness (QED) is 0.798. The number of nitrogens with one attached hydrogen (secondary N) is 1. The molecule has 1 saturated carbocycles. The largest absolute Gasteiger partial charge is 0.462 e. The highest BCUT2D eigenvalue weighted by Crippen LogP contribution is 2.46. The summed E-state index contributed by atoms with van der Waals surface area (Å²) in [5.41, 5.74) is 6.78. The molecule has 0 bridgehead atoms. The number of pyridine rings is 1. The average Bonchev–Trinajstić information content (AvgIpc) is 2.89. The maximum absolute atomic E-state index is 11.8. The van der Waals surface area contributed by atoms with E-state index in [2.05, 4.69) is 24.1 Å². The third-order valence-electron chi connectivity index (χ3n) is 3.23. The van der Waals surface area contributed by atoms with Crippen LogP contribution in [0.15, 0.2) is 12.3 Å². The van der Waals surface area contributed by atoms with Gasteiger partial charge >= 0.3 is 5.97 Å². The van der Waals surface area contributed by atoms with E-state index in [9.17, 15) is 4.79 Å². The van der Waals surface area contributed by atoms with Gasteiger partial charge in [-0.15, -0.1) is 0 Å². The molecular formula is C13H19N3O2. The second-order valence-electron chi connectivity index (χ2n) is 5.27. The minimum atomic E-state index is -0.391. The molecule has 1 aromatic rings. The number of ether oxygens (including phenoxy) is 1. The molecular weight excluding hydrogens is 230 g/mol. The highest BCUT2D eigenvalue weighted by Gasteiger charge is 2.46. The van der Waals surface area contributed by atoms with Gasteiger partial charge in [0.15, 0.2) is 0 Å². The normalized spacial score (nSPS) is 20.3. The first-order valence-corrected chi connectivity index (χ1v) is 6.13. The zero-order chi connectivity index (χ0) is 13.3. The van der Waals surface area contributed by atoms with Crippen molar-refractivity contribution in [2.24, 2.45) is 5.41 Å². The highest BCUT2D eigenvalue weighted by molar-refractivity contribution is 5.95. The van der Waals surface area contributed by atoms with Crippen molar-refractivity contribution < 1.29 is 9.53 Å². The molecule has 1 fully saturated rings. The van der Waals surface area contributed by atoms with Crippen LogP contribution in [-0.2, 0) is 4.74 Å². The molecule has 0 saturated heterocycles. The molecule has 0 aromatic carbocycles. The smallest absolute Gasteiger partial charge is 0.341 e. The number of nitrogens with two attached hydrogens (primary N) is 1. The molecule has 5 heteroatoms. The fraction of sp³-hybridized carbons (Fsp3) is 0.538. The van der Waals surface area contributed by atoms with Gasteiger partial charge in [0, 0.05) is 6.04 Å². The van der Waals surface area contributed by atoms with E-state index in [1.807, 2.05) is 0 Å². The summed E-state index contributed by atoms with van der Waals surface area (Å²) in [6.07, 6.45) is 2.61. The fourth-order valence-corrected chi connectivity index (χ4v) is 1.84.